The Hall–Kier alpha value is -1.77. The number of para-hydroxylation sites is 1. The fourth-order valence-electron chi connectivity index (χ4n) is 2.66. The van der Waals surface area contributed by atoms with E-state index in [1.165, 1.54) is 6.07 Å². The number of benzene rings is 2. The molecule has 1 unspecified atom stereocenters. The smallest absolute Gasteiger partial charge is 0.322 e. The number of fused-ring (bicyclic) bond motifs is 1. The zero-order valence-electron chi connectivity index (χ0n) is 13.5. The van der Waals surface area contributed by atoms with Crippen molar-refractivity contribution in [3.8, 4) is 0 Å². The summed E-state index contributed by atoms with van der Waals surface area (Å²) in [5.74, 6) is -1.32. The van der Waals surface area contributed by atoms with Crippen molar-refractivity contribution in [1.82, 2.24) is 9.71 Å². The summed E-state index contributed by atoms with van der Waals surface area (Å²) >= 11 is 17.6. The number of hydrogen-bond donors (Lipinski definition) is 3. The van der Waals surface area contributed by atoms with Gasteiger partial charge in [0, 0.05) is 23.5 Å². The van der Waals surface area contributed by atoms with E-state index in [2.05, 4.69) is 9.71 Å². The molecule has 0 spiro atoms. The van der Waals surface area contributed by atoms with Gasteiger partial charge in [0.05, 0.1) is 15.1 Å². The highest BCUT2D eigenvalue weighted by atomic mass is 35.5. The maximum Gasteiger partial charge on any atom is 0.322 e. The maximum absolute atomic E-state index is 12.7. The highest BCUT2D eigenvalue weighted by molar-refractivity contribution is 7.89. The maximum atomic E-state index is 12.7. The number of H-pyrrole nitrogens is 1. The molecule has 0 aliphatic heterocycles. The minimum Gasteiger partial charge on any atom is -0.480 e. The van der Waals surface area contributed by atoms with Crippen LogP contribution >= 0.6 is 34.8 Å². The number of halogens is 3. The van der Waals surface area contributed by atoms with Crippen molar-refractivity contribution in [2.24, 2.45) is 0 Å². The monoisotopic (exact) mass is 446 g/mol. The largest absolute Gasteiger partial charge is 0.480 e. The van der Waals surface area contributed by atoms with E-state index in [1.807, 2.05) is 24.3 Å². The molecule has 142 valence electrons. The van der Waals surface area contributed by atoms with Crippen molar-refractivity contribution in [2.45, 2.75) is 17.4 Å². The van der Waals surface area contributed by atoms with Crippen LogP contribution in [-0.2, 0) is 21.2 Å². The molecule has 3 N–H and O–H groups in total. The first-order valence-electron chi connectivity index (χ1n) is 7.63. The average molecular weight is 448 g/mol. The molecule has 1 atom stereocenters. The number of aliphatic carboxylic acids is 1. The summed E-state index contributed by atoms with van der Waals surface area (Å²) in [4.78, 5) is 14.3. The number of sulfonamides is 1. The predicted molar refractivity (Wildman–Crippen MR) is 105 cm³/mol. The highest BCUT2D eigenvalue weighted by Crippen LogP contribution is 2.31. The fraction of sp³-hybridized carbons (Fsp3) is 0.118. The van der Waals surface area contributed by atoms with E-state index in [4.69, 9.17) is 34.8 Å². The SMILES string of the molecule is O=C(O)C(Cc1c[nH]c2ccccc12)NS(=O)(=O)c1cc(Cl)c(Cl)cc1Cl. The van der Waals surface area contributed by atoms with Crippen LogP contribution in [0.4, 0.5) is 0 Å². The molecule has 1 aromatic heterocycles. The van der Waals surface area contributed by atoms with Crippen LogP contribution in [0, 0.1) is 0 Å². The summed E-state index contributed by atoms with van der Waals surface area (Å²) in [6.07, 6.45) is 1.60. The lowest BCUT2D eigenvalue weighted by molar-refractivity contribution is -0.138. The Morgan fingerprint density at radius 2 is 1.78 bits per heavy atom. The van der Waals surface area contributed by atoms with Gasteiger partial charge >= 0.3 is 5.97 Å². The molecule has 0 saturated carbocycles. The van der Waals surface area contributed by atoms with Crippen molar-refractivity contribution in [3.63, 3.8) is 0 Å². The van der Waals surface area contributed by atoms with Crippen molar-refractivity contribution in [2.75, 3.05) is 0 Å². The third-order valence-corrected chi connectivity index (χ3v) is 6.62. The van der Waals surface area contributed by atoms with Gasteiger partial charge in [-0.15, -0.1) is 0 Å². The third-order valence-electron chi connectivity index (χ3n) is 3.96. The first-order chi connectivity index (χ1) is 12.7. The highest BCUT2D eigenvalue weighted by Gasteiger charge is 2.28. The number of carbonyl (C=O) groups is 1. The van der Waals surface area contributed by atoms with E-state index in [-0.39, 0.29) is 26.4 Å². The van der Waals surface area contributed by atoms with Crippen LogP contribution in [0.15, 0.2) is 47.5 Å². The summed E-state index contributed by atoms with van der Waals surface area (Å²) in [6, 6.07) is 8.19. The summed E-state index contributed by atoms with van der Waals surface area (Å²) in [5, 5.41) is 10.2. The molecule has 2 aromatic carbocycles. The van der Waals surface area contributed by atoms with Crippen LogP contribution in [0.3, 0.4) is 0 Å². The predicted octanol–water partition coefficient (Wildman–Crippen LogP) is 4.10. The van der Waals surface area contributed by atoms with Gasteiger partial charge in [-0.2, -0.15) is 4.72 Å². The molecular weight excluding hydrogens is 435 g/mol. The van der Waals surface area contributed by atoms with Gasteiger partial charge in [-0.3, -0.25) is 4.79 Å². The van der Waals surface area contributed by atoms with Crippen molar-refractivity contribution >= 4 is 61.7 Å². The zero-order valence-corrected chi connectivity index (χ0v) is 16.6. The summed E-state index contributed by atoms with van der Waals surface area (Å²) in [5.41, 5.74) is 1.49. The third kappa shape index (κ3) is 4.23. The number of aromatic amines is 1. The second-order valence-corrected chi connectivity index (χ2v) is 8.68. The molecular formula is C17H13Cl3N2O4S. The number of carboxylic acid groups (broad SMARTS) is 1. The van der Waals surface area contributed by atoms with Crippen LogP contribution in [0.2, 0.25) is 15.1 Å². The topological polar surface area (TPSA) is 99.3 Å². The molecule has 0 amide bonds. The zero-order chi connectivity index (χ0) is 19.8. The van der Waals surface area contributed by atoms with E-state index in [0.29, 0.717) is 5.56 Å². The molecule has 0 aliphatic rings. The van der Waals surface area contributed by atoms with Crippen LogP contribution < -0.4 is 4.72 Å². The molecule has 0 bridgehead atoms. The number of rotatable bonds is 6. The van der Waals surface area contributed by atoms with Crippen molar-refractivity contribution in [1.29, 1.82) is 0 Å². The summed E-state index contributed by atoms with van der Waals surface area (Å²) in [6.45, 7) is 0. The fourth-order valence-corrected chi connectivity index (χ4v) is 4.85. The van der Waals surface area contributed by atoms with Gasteiger partial charge in [0.25, 0.3) is 0 Å². The van der Waals surface area contributed by atoms with E-state index >= 15 is 0 Å². The second-order valence-electron chi connectivity index (χ2n) is 5.77. The Kier molecular flexibility index (Phi) is 5.69. The molecule has 0 aliphatic carbocycles. The van der Waals surface area contributed by atoms with E-state index < -0.39 is 22.0 Å². The number of hydrogen-bond acceptors (Lipinski definition) is 3. The minimum atomic E-state index is -4.25. The van der Waals surface area contributed by atoms with E-state index in [9.17, 15) is 18.3 Å². The van der Waals surface area contributed by atoms with Gasteiger partial charge < -0.3 is 10.1 Å². The number of carboxylic acids is 1. The average Bonchev–Trinajstić information content (AvgIpc) is 3.00. The molecule has 27 heavy (non-hydrogen) atoms. The number of aromatic nitrogens is 1. The van der Waals surface area contributed by atoms with Gasteiger partial charge in [-0.05, 0) is 23.8 Å². The molecule has 10 heteroatoms. The van der Waals surface area contributed by atoms with Gasteiger partial charge in [-0.25, -0.2) is 8.42 Å². The van der Waals surface area contributed by atoms with Crippen LogP contribution in [0.1, 0.15) is 5.56 Å². The molecule has 0 radical (unpaired) electrons. The Labute approximate surface area is 170 Å². The molecule has 3 rings (SSSR count). The van der Waals surface area contributed by atoms with E-state index in [0.717, 1.165) is 17.0 Å². The van der Waals surface area contributed by atoms with Gasteiger partial charge in [0.2, 0.25) is 10.0 Å². The molecule has 1 heterocycles. The Morgan fingerprint density at radius 1 is 1.11 bits per heavy atom. The van der Waals surface area contributed by atoms with Crippen LogP contribution in [0.5, 0.6) is 0 Å². The van der Waals surface area contributed by atoms with Crippen LogP contribution in [0.25, 0.3) is 10.9 Å². The van der Waals surface area contributed by atoms with E-state index in [1.54, 1.807) is 6.20 Å². The molecule has 6 nitrogen and oxygen atoms in total. The minimum absolute atomic E-state index is 0.00931. The Bertz CT molecular complexity index is 1130. The first-order valence-corrected chi connectivity index (χ1v) is 10.3. The quantitative estimate of drug-likeness (QED) is 0.495. The molecule has 0 fully saturated rings. The van der Waals surface area contributed by atoms with Crippen molar-refractivity contribution < 1.29 is 18.3 Å². The summed E-state index contributed by atoms with van der Waals surface area (Å²) < 4.78 is 27.5. The normalized spacial score (nSPS) is 13.0. The summed E-state index contributed by atoms with van der Waals surface area (Å²) in [7, 11) is -4.25. The lowest BCUT2D eigenvalue weighted by Gasteiger charge is -2.16. The van der Waals surface area contributed by atoms with Gasteiger partial charge in [0.15, 0.2) is 0 Å². The van der Waals surface area contributed by atoms with Crippen molar-refractivity contribution in [3.05, 3.63) is 63.2 Å². The molecule has 3 aromatic rings. The number of nitrogens with one attached hydrogen (secondary N) is 2. The first kappa shape index (κ1) is 20.0. The van der Waals surface area contributed by atoms with Crippen LogP contribution in [-0.4, -0.2) is 30.5 Å². The van der Waals surface area contributed by atoms with Gasteiger partial charge in [0.1, 0.15) is 10.9 Å². The Morgan fingerprint density at radius 3 is 2.48 bits per heavy atom. The Balaban J connectivity index is 1.92. The molecule has 0 saturated heterocycles. The second kappa shape index (κ2) is 7.69. The lowest BCUT2D eigenvalue weighted by Crippen LogP contribution is -2.42. The standard InChI is InChI=1S/C17H13Cl3N2O4S/c18-11-6-13(20)16(7-12(11)19)27(25,26)22-15(17(23)24)5-9-8-21-14-4-2-1-3-10(9)14/h1-4,6-8,15,21-22H,5H2,(H,23,24). The lowest BCUT2D eigenvalue weighted by atomic mass is 10.1. The van der Waals surface area contributed by atoms with Gasteiger partial charge in [-0.1, -0.05) is 53.0 Å².